The molecule has 1 aromatic heterocycles. The van der Waals surface area contributed by atoms with E-state index in [9.17, 15) is 26.4 Å². The second kappa shape index (κ2) is 13.6. The lowest BCUT2D eigenvalue weighted by Gasteiger charge is -2.15. The van der Waals surface area contributed by atoms with Crippen LogP contribution in [0.5, 0.6) is 17.4 Å². The highest BCUT2D eigenvalue weighted by Gasteiger charge is 2.32. The number of carbonyl (C=O) groups excluding carboxylic acids is 1. The third-order valence-electron chi connectivity index (χ3n) is 4.74. The van der Waals surface area contributed by atoms with Crippen molar-refractivity contribution < 1.29 is 40.6 Å². The summed E-state index contributed by atoms with van der Waals surface area (Å²) in [7, 11) is -2.02. The molecule has 0 aliphatic carbocycles. The number of ether oxygens (including phenoxy) is 3. The van der Waals surface area contributed by atoms with Gasteiger partial charge in [0.15, 0.2) is 0 Å². The molecule has 36 heavy (non-hydrogen) atoms. The molecule has 0 unspecified atom stereocenters. The van der Waals surface area contributed by atoms with E-state index in [-0.39, 0.29) is 54.3 Å². The average Bonchev–Trinajstić information content (AvgIpc) is 2.78. The second-order valence-corrected chi connectivity index (χ2v) is 9.79. The minimum Gasteiger partial charge on any atom is -0.491 e. The highest BCUT2D eigenvalue weighted by atomic mass is 35.5. The van der Waals surface area contributed by atoms with Crippen LogP contribution >= 0.6 is 11.6 Å². The van der Waals surface area contributed by atoms with Crippen LogP contribution in [0.4, 0.5) is 13.2 Å². The molecular weight excluding hydrogens is 527 g/mol. The number of nitrogens with zero attached hydrogens (tertiary/aromatic N) is 1. The Morgan fingerprint density at radius 1 is 1.19 bits per heavy atom. The normalized spacial score (nSPS) is 11.8. The number of aryl methyl sites for hydroxylation is 1. The number of sulfonamides is 1. The predicted octanol–water partition coefficient (Wildman–Crippen LogP) is 3.69. The molecule has 1 amide bonds. The lowest BCUT2D eigenvalue weighted by atomic mass is 10.1. The zero-order valence-electron chi connectivity index (χ0n) is 19.4. The molecule has 0 radical (unpaired) electrons. The van der Waals surface area contributed by atoms with E-state index in [1.807, 2.05) is 0 Å². The van der Waals surface area contributed by atoms with E-state index in [0.717, 1.165) is 0 Å². The lowest BCUT2D eigenvalue weighted by molar-refractivity contribution is -0.137. The minimum absolute atomic E-state index is 0.0730. The fourth-order valence-electron chi connectivity index (χ4n) is 2.92. The van der Waals surface area contributed by atoms with Gasteiger partial charge in [-0.15, -0.1) is 0 Å². The molecule has 14 heteroatoms. The monoisotopic (exact) mass is 553 g/mol. The molecule has 2 aromatic rings. The average molecular weight is 554 g/mol. The van der Waals surface area contributed by atoms with Crippen LogP contribution in [0.2, 0.25) is 5.02 Å². The van der Waals surface area contributed by atoms with Gasteiger partial charge in [-0.2, -0.15) is 13.2 Å². The number of methoxy groups -OCH3 is 1. The number of rotatable bonds is 14. The van der Waals surface area contributed by atoms with E-state index < -0.39 is 21.8 Å². The van der Waals surface area contributed by atoms with Crippen molar-refractivity contribution in [1.82, 2.24) is 10.3 Å². The van der Waals surface area contributed by atoms with Gasteiger partial charge in [0.05, 0.1) is 17.9 Å². The summed E-state index contributed by atoms with van der Waals surface area (Å²) in [6.45, 7) is 0.874. The zero-order chi connectivity index (χ0) is 26.8. The molecule has 1 heterocycles. The van der Waals surface area contributed by atoms with Gasteiger partial charge in [-0.05, 0) is 37.0 Å². The number of nitrogens with one attached hydrogen (secondary N) is 1. The number of nitrogens with two attached hydrogens (primary N) is 1. The molecule has 0 saturated heterocycles. The van der Waals surface area contributed by atoms with Crippen LogP contribution in [0, 0.1) is 0 Å². The maximum atomic E-state index is 12.9. The molecule has 0 spiro atoms. The van der Waals surface area contributed by atoms with Crippen molar-refractivity contribution in [2.24, 2.45) is 5.14 Å². The predicted molar refractivity (Wildman–Crippen MR) is 127 cm³/mol. The van der Waals surface area contributed by atoms with Crippen molar-refractivity contribution in [2.45, 2.75) is 31.9 Å². The van der Waals surface area contributed by atoms with E-state index in [2.05, 4.69) is 10.3 Å². The lowest BCUT2D eigenvalue weighted by Crippen LogP contribution is -2.25. The summed E-state index contributed by atoms with van der Waals surface area (Å²) >= 11 is 5.97. The first-order valence-corrected chi connectivity index (χ1v) is 12.9. The first kappa shape index (κ1) is 29.6. The van der Waals surface area contributed by atoms with Gasteiger partial charge in [-0.3, -0.25) is 4.79 Å². The van der Waals surface area contributed by atoms with E-state index in [1.165, 1.54) is 13.2 Å². The number of amides is 1. The zero-order valence-corrected chi connectivity index (χ0v) is 21.0. The first-order chi connectivity index (χ1) is 16.9. The molecule has 2 rings (SSSR count). The number of alkyl halides is 3. The Morgan fingerprint density at radius 3 is 2.58 bits per heavy atom. The molecule has 200 valence electrons. The number of halogens is 4. The van der Waals surface area contributed by atoms with Gasteiger partial charge in [0.2, 0.25) is 21.8 Å². The Labute approximate surface area is 212 Å². The first-order valence-electron chi connectivity index (χ1n) is 10.8. The second-order valence-electron chi connectivity index (χ2n) is 7.65. The summed E-state index contributed by atoms with van der Waals surface area (Å²) in [5.41, 5.74) is -0.450. The van der Waals surface area contributed by atoms with Gasteiger partial charge in [-0.1, -0.05) is 17.7 Å². The summed E-state index contributed by atoms with van der Waals surface area (Å²) in [5.74, 6) is -0.0572. The number of hydrogen-bond acceptors (Lipinski definition) is 7. The Kier molecular flexibility index (Phi) is 11.2. The van der Waals surface area contributed by atoms with Gasteiger partial charge in [0.1, 0.15) is 23.1 Å². The number of primary sulfonamides is 1. The van der Waals surface area contributed by atoms with E-state index in [1.54, 1.807) is 12.1 Å². The molecule has 0 fully saturated rings. The quantitative estimate of drug-likeness (QED) is 0.341. The largest absolute Gasteiger partial charge is 0.491 e. The van der Waals surface area contributed by atoms with E-state index in [4.69, 9.17) is 31.0 Å². The SMILES string of the molecule is COCCOc1ccc(CCC(=O)NCCCCS(N)(=O)=O)c(Oc2ncc(C(F)(F)F)cc2Cl)c1. The van der Waals surface area contributed by atoms with Gasteiger partial charge in [-0.25, -0.2) is 18.5 Å². The van der Waals surface area contributed by atoms with Crippen molar-refractivity contribution in [3.8, 4) is 17.4 Å². The van der Waals surface area contributed by atoms with Crippen LogP contribution in [0.25, 0.3) is 0 Å². The van der Waals surface area contributed by atoms with E-state index >= 15 is 0 Å². The molecule has 0 bridgehead atoms. The summed E-state index contributed by atoms with van der Waals surface area (Å²) in [5, 5.41) is 7.29. The van der Waals surface area contributed by atoms with Crippen molar-refractivity contribution in [2.75, 3.05) is 32.6 Å². The number of aromatic nitrogens is 1. The molecule has 0 saturated carbocycles. The van der Waals surface area contributed by atoms with Gasteiger partial charge >= 0.3 is 6.18 Å². The fourth-order valence-corrected chi connectivity index (χ4v) is 3.73. The molecule has 0 aliphatic rings. The summed E-state index contributed by atoms with van der Waals surface area (Å²) in [4.78, 5) is 15.9. The topological polar surface area (TPSA) is 130 Å². The third kappa shape index (κ3) is 10.6. The Hall–Kier alpha value is -2.61. The highest BCUT2D eigenvalue weighted by Crippen LogP contribution is 2.36. The molecule has 9 nitrogen and oxygen atoms in total. The Balaban J connectivity index is 2.08. The van der Waals surface area contributed by atoms with Crippen molar-refractivity contribution in [3.63, 3.8) is 0 Å². The van der Waals surface area contributed by atoms with Crippen LogP contribution in [0.1, 0.15) is 30.4 Å². The highest BCUT2D eigenvalue weighted by molar-refractivity contribution is 7.89. The van der Waals surface area contributed by atoms with Crippen LogP contribution in [-0.2, 0) is 32.2 Å². The van der Waals surface area contributed by atoms with Crippen molar-refractivity contribution in [3.05, 3.63) is 46.6 Å². The number of hydrogen-bond donors (Lipinski definition) is 2. The molecular formula is C22H27ClF3N3O6S. The minimum atomic E-state index is -4.61. The maximum absolute atomic E-state index is 12.9. The Bertz CT molecular complexity index is 1130. The van der Waals surface area contributed by atoms with Gasteiger partial charge < -0.3 is 19.5 Å². The summed E-state index contributed by atoms with van der Waals surface area (Å²) in [6, 6.07) is 5.55. The number of unbranched alkanes of at least 4 members (excludes halogenated alkanes) is 1. The molecule has 0 atom stereocenters. The van der Waals surface area contributed by atoms with Gasteiger partial charge in [0.25, 0.3) is 0 Å². The van der Waals surface area contributed by atoms with Crippen molar-refractivity contribution in [1.29, 1.82) is 0 Å². The number of benzene rings is 1. The van der Waals surface area contributed by atoms with Gasteiger partial charge in [0, 0.05) is 32.3 Å². The molecule has 0 aliphatic heterocycles. The number of carbonyl (C=O) groups is 1. The maximum Gasteiger partial charge on any atom is 0.417 e. The standard InChI is InChI=1S/C22H27ClF3N3O6S/c1-33-9-10-34-17-6-4-15(5-7-20(30)28-8-2-3-11-36(27,31)32)19(13-17)35-21-18(23)12-16(14-29-21)22(24,25)26/h4,6,12-14H,2-3,5,7-11H2,1H3,(H,28,30)(H2,27,31,32). The van der Waals surface area contributed by atoms with E-state index in [0.29, 0.717) is 43.0 Å². The smallest absolute Gasteiger partial charge is 0.417 e. The van der Waals surface area contributed by atoms with Crippen LogP contribution in [0.3, 0.4) is 0 Å². The molecule has 3 N–H and O–H groups in total. The van der Waals surface area contributed by atoms with Crippen LogP contribution < -0.4 is 19.9 Å². The Morgan fingerprint density at radius 2 is 1.94 bits per heavy atom. The molecule has 1 aromatic carbocycles. The third-order valence-corrected chi connectivity index (χ3v) is 5.86. The van der Waals surface area contributed by atoms with Crippen molar-refractivity contribution >= 4 is 27.5 Å². The van der Waals surface area contributed by atoms with Crippen LogP contribution in [-0.4, -0.2) is 51.9 Å². The summed E-state index contributed by atoms with van der Waals surface area (Å²) < 4.78 is 76.8. The van der Waals surface area contributed by atoms with Crippen LogP contribution in [0.15, 0.2) is 30.5 Å². The number of pyridine rings is 1. The fraction of sp³-hybridized carbons (Fsp3) is 0.455. The summed E-state index contributed by atoms with van der Waals surface area (Å²) in [6.07, 6.45) is -2.92.